The summed E-state index contributed by atoms with van der Waals surface area (Å²) in [4.78, 5) is 4.08. The normalized spacial score (nSPS) is 27.6. The Bertz CT molecular complexity index is 141. The van der Waals surface area contributed by atoms with Gasteiger partial charge in [0.05, 0.1) is 0 Å². The zero-order valence-electron chi connectivity index (χ0n) is 4.34. The monoisotopic (exact) mass is 217 g/mol. The third-order valence-electron chi connectivity index (χ3n) is 0.933. The Morgan fingerprint density at radius 1 is 1.88 bits per heavy atom. The quantitative estimate of drug-likeness (QED) is 0.250. The molecule has 1 aliphatic heterocycles. The van der Waals surface area contributed by atoms with Crippen molar-refractivity contribution in [2.45, 2.75) is 10.5 Å². The number of rotatable bonds is 0. The van der Waals surface area contributed by atoms with Crippen molar-refractivity contribution in [1.29, 1.82) is 0 Å². The zero-order valence-corrected chi connectivity index (χ0v) is 6.50. The Kier molecular flexibility index (Phi) is 2.11. The van der Waals surface area contributed by atoms with Gasteiger partial charge in [0.1, 0.15) is 11.9 Å². The first-order valence-corrected chi connectivity index (χ1v) is 3.66. The maximum atomic E-state index is 5.41. The summed E-state index contributed by atoms with van der Waals surface area (Å²) in [6.45, 7) is 0. The molecule has 0 aromatic carbocycles. The standard InChI is InChI=1S/C5H5BIN/c6-4-1-2-5(7)8-3-4/h1,3,5H,2H2. The highest BCUT2D eigenvalue weighted by molar-refractivity contribution is 14.1. The predicted octanol–water partition coefficient (Wildman–Crippen LogP) is 1.27. The van der Waals surface area contributed by atoms with Crippen molar-refractivity contribution < 1.29 is 0 Å². The second kappa shape index (κ2) is 2.66. The summed E-state index contributed by atoms with van der Waals surface area (Å²) in [6, 6.07) is 0. The molecule has 0 aromatic rings. The molecule has 0 amide bonds. The van der Waals surface area contributed by atoms with Gasteiger partial charge in [-0.3, -0.25) is 4.99 Å². The van der Waals surface area contributed by atoms with E-state index in [2.05, 4.69) is 27.6 Å². The van der Waals surface area contributed by atoms with Gasteiger partial charge in [0.2, 0.25) is 0 Å². The van der Waals surface area contributed by atoms with E-state index in [-0.39, 0.29) is 0 Å². The first-order chi connectivity index (χ1) is 3.79. The van der Waals surface area contributed by atoms with E-state index in [0.717, 1.165) is 11.9 Å². The molecule has 1 nitrogen and oxygen atoms in total. The minimum atomic E-state index is 0.403. The maximum Gasteiger partial charge on any atom is 0.115 e. The van der Waals surface area contributed by atoms with Gasteiger partial charge in [-0.1, -0.05) is 34.1 Å². The van der Waals surface area contributed by atoms with Gasteiger partial charge in [-0.2, -0.15) is 0 Å². The molecule has 0 saturated heterocycles. The molecular weight excluding hydrogens is 212 g/mol. The zero-order chi connectivity index (χ0) is 5.98. The van der Waals surface area contributed by atoms with Gasteiger partial charge in [-0.25, -0.2) is 0 Å². The Morgan fingerprint density at radius 3 is 3.00 bits per heavy atom. The average molecular weight is 217 g/mol. The van der Waals surface area contributed by atoms with Crippen LogP contribution in [0.3, 0.4) is 0 Å². The minimum Gasteiger partial charge on any atom is -0.280 e. The first kappa shape index (κ1) is 6.33. The SMILES string of the molecule is [B]C1=CCC(I)N=C1. The van der Waals surface area contributed by atoms with Gasteiger partial charge >= 0.3 is 0 Å². The number of dihydropyridines is 1. The Morgan fingerprint density at radius 2 is 2.62 bits per heavy atom. The molecule has 0 aliphatic carbocycles. The number of halogens is 1. The van der Waals surface area contributed by atoms with Crippen molar-refractivity contribution in [1.82, 2.24) is 0 Å². The Balaban J connectivity index is 2.58. The van der Waals surface area contributed by atoms with Crippen molar-refractivity contribution in [3.05, 3.63) is 11.5 Å². The molecule has 1 aliphatic rings. The van der Waals surface area contributed by atoms with E-state index in [4.69, 9.17) is 7.85 Å². The van der Waals surface area contributed by atoms with Gasteiger partial charge < -0.3 is 0 Å². The summed E-state index contributed by atoms with van der Waals surface area (Å²) >= 11 is 2.27. The highest BCUT2D eigenvalue weighted by Crippen LogP contribution is 2.12. The maximum absolute atomic E-state index is 5.41. The summed E-state index contributed by atoms with van der Waals surface area (Å²) in [7, 11) is 5.41. The van der Waals surface area contributed by atoms with Crippen molar-refractivity contribution in [3.63, 3.8) is 0 Å². The molecule has 0 aromatic heterocycles. The van der Waals surface area contributed by atoms with E-state index >= 15 is 0 Å². The topological polar surface area (TPSA) is 12.4 Å². The lowest BCUT2D eigenvalue weighted by atomic mass is 9.95. The Labute approximate surface area is 63.8 Å². The molecular formula is C5H5BIN. The van der Waals surface area contributed by atoms with E-state index in [9.17, 15) is 0 Å². The summed E-state index contributed by atoms with van der Waals surface area (Å²) in [5.41, 5.74) is 0.790. The van der Waals surface area contributed by atoms with E-state index < -0.39 is 0 Å². The summed E-state index contributed by atoms with van der Waals surface area (Å²) < 4.78 is 0.403. The van der Waals surface area contributed by atoms with Crippen LogP contribution >= 0.6 is 22.6 Å². The number of hydrogen-bond acceptors (Lipinski definition) is 1. The van der Waals surface area contributed by atoms with Crippen molar-refractivity contribution in [2.75, 3.05) is 0 Å². The number of nitrogens with zero attached hydrogens (tertiary/aromatic N) is 1. The largest absolute Gasteiger partial charge is 0.280 e. The molecule has 0 spiro atoms. The molecule has 0 fully saturated rings. The van der Waals surface area contributed by atoms with Crippen LogP contribution in [-0.2, 0) is 0 Å². The number of aliphatic imine (C=N–C) groups is 1. The molecule has 1 unspecified atom stereocenters. The van der Waals surface area contributed by atoms with Gasteiger partial charge in [-0.15, -0.1) is 0 Å². The first-order valence-electron chi connectivity index (χ1n) is 2.42. The van der Waals surface area contributed by atoms with Crippen LogP contribution in [0.2, 0.25) is 0 Å². The predicted molar refractivity (Wildman–Crippen MR) is 44.8 cm³/mol. The fraction of sp³-hybridized carbons (Fsp3) is 0.400. The molecule has 0 saturated carbocycles. The second-order valence-corrected chi connectivity index (χ2v) is 3.09. The van der Waals surface area contributed by atoms with Crippen molar-refractivity contribution in [3.8, 4) is 0 Å². The fourth-order valence-electron chi connectivity index (χ4n) is 0.514. The molecule has 3 heteroatoms. The van der Waals surface area contributed by atoms with Crippen molar-refractivity contribution >= 4 is 36.7 Å². The molecule has 1 heterocycles. The molecule has 1 rings (SSSR count). The van der Waals surface area contributed by atoms with E-state index in [1.54, 1.807) is 6.21 Å². The van der Waals surface area contributed by atoms with Gasteiger partial charge in [-0.05, 0) is 6.42 Å². The van der Waals surface area contributed by atoms with E-state index in [1.165, 1.54) is 0 Å². The third-order valence-corrected chi connectivity index (χ3v) is 1.76. The molecule has 0 bridgehead atoms. The second-order valence-electron chi connectivity index (χ2n) is 1.65. The smallest absolute Gasteiger partial charge is 0.115 e. The van der Waals surface area contributed by atoms with Crippen LogP contribution in [0.25, 0.3) is 0 Å². The van der Waals surface area contributed by atoms with Crippen LogP contribution in [0.1, 0.15) is 6.42 Å². The van der Waals surface area contributed by atoms with Crippen LogP contribution in [0.15, 0.2) is 16.5 Å². The number of hydrogen-bond donors (Lipinski definition) is 0. The van der Waals surface area contributed by atoms with Crippen LogP contribution in [0.5, 0.6) is 0 Å². The van der Waals surface area contributed by atoms with Crippen LogP contribution < -0.4 is 0 Å². The van der Waals surface area contributed by atoms with Crippen molar-refractivity contribution in [2.24, 2.45) is 4.99 Å². The highest BCUT2D eigenvalue weighted by atomic mass is 127. The van der Waals surface area contributed by atoms with Gasteiger partial charge in [0.25, 0.3) is 0 Å². The van der Waals surface area contributed by atoms with E-state index in [0.29, 0.717) is 4.05 Å². The molecule has 0 N–H and O–H groups in total. The lowest BCUT2D eigenvalue weighted by molar-refractivity contribution is 0.963. The summed E-state index contributed by atoms with van der Waals surface area (Å²) in [5.74, 6) is 0. The summed E-state index contributed by atoms with van der Waals surface area (Å²) in [5, 5.41) is 0. The highest BCUT2D eigenvalue weighted by Gasteiger charge is 2.00. The van der Waals surface area contributed by atoms with Crippen LogP contribution in [-0.4, -0.2) is 18.1 Å². The average Bonchev–Trinajstić information content (AvgIpc) is 1.77. The molecule has 40 valence electrons. The summed E-state index contributed by atoms with van der Waals surface area (Å²) in [6.07, 6.45) is 4.67. The van der Waals surface area contributed by atoms with Crippen LogP contribution in [0, 0.1) is 0 Å². The van der Waals surface area contributed by atoms with E-state index in [1.807, 2.05) is 6.08 Å². The minimum absolute atomic E-state index is 0.403. The molecule has 1 atom stereocenters. The van der Waals surface area contributed by atoms with Gasteiger partial charge in [0.15, 0.2) is 0 Å². The molecule has 8 heavy (non-hydrogen) atoms. The van der Waals surface area contributed by atoms with Gasteiger partial charge in [0, 0.05) is 6.21 Å². The number of allylic oxidation sites excluding steroid dienone is 1. The third kappa shape index (κ3) is 1.61. The Hall–Kier alpha value is 0.205. The number of alkyl halides is 1. The lowest BCUT2D eigenvalue weighted by Gasteiger charge is -2.05. The van der Waals surface area contributed by atoms with Crippen LogP contribution in [0.4, 0.5) is 0 Å². The molecule has 2 radical (unpaired) electrons. The fourth-order valence-corrected chi connectivity index (χ4v) is 0.929. The lowest BCUT2D eigenvalue weighted by Crippen LogP contribution is -1.99.